The standard InChI is InChI=1S/C17H20N6/c1-13(22-17-11-14(7-8-18)19-12-20-17)15-5-2-3-6-16(15)23-10-4-9-21-23/h2-6,9-13H,7-8,18H2,1H3,(H,19,20,22)/t13-/m0/s1. The summed E-state index contributed by atoms with van der Waals surface area (Å²) >= 11 is 0. The van der Waals surface area contributed by atoms with Crippen LogP contribution in [0.5, 0.6) is 0 Å². The third kappa shape index (κ3) is 3.54. The zero-order chi connectivity index (χ0) is 16.1. The van der Waals surface area contributed by atoms with Gasteiger partial charge >= 0.3 is 0 Å². The molecule has 1 aromatic carbocycles. The number of rotatable bonds is 6. The van der Waals surface area contributed by atoms with Gasteiger partial charge in [-0.05, 0) is 31.2 Å². The molecule has 1 atom stereocenters. The van der Waals surface area contributed by atoms with E-state index in [0.717, 1.165) is 29.2 Å². The molecule has 3 rings (SSSR count). The number of hydrogen-bond donors (Lipinski definition) is 2. The van der Waals surface area contributed by atoms with Crippen LogP contribution in [0.15, 0.2) is 55.1 Å². The van der Waals surface area contributed by atoms with Crippen molar-refractivity contribution in [3.8, 4) is 5.69 Å². The van der Waals surface area contributed by atoms with E-state index in [0.29, 0.717) is 6.54 Å². The normalized spacial score (nSPS) is 12.1. The van der Waals surface area contributed by atoms with Crippen LogP contribution in [0.2, 0.25) is 0 Å². The molecule has 118 valence electrons. The second kappa shape index (κ2) is 7.02. The Bertz CT molecular complexity index is 753. The number of aromatic nitrogens is 4. The number of anilines is 1. The van der Waals surface area contributed by atoms with Gasteiger partial charge in [-0.15, -0.1) is 0 Å². The van der Waals surface area contributed by atoms with Crippen LogP contribution in [0.25, 0.3) is 5.69 Å². The van der Waals surface area contributed by atoms with Crippen molar-refractivity contribution in [2.45, 2.75) is 19.4 Å². The van der Waals surface area contributed by atoms with Crippen LogP contribution in [-0.4, -0.2) is 26.3 Å². The monoisotopic (exact) mass is 308 g/mol. The molecule has 0 aliphatic carbocycles. The molecule has 6 heteroatoms. The lowest BCUT2D eigenvalue weighted by Crippen LogP contribution is -2.12. The Morgan fingerprint density at radius 3 is 2.87 bits per heavy atom. The minimum Gasteiger partial charge on any atom is -0.363 e. The molecule has 0 bridgehead atoms. The summed E-state index contributed by atoms with van der Waals surface area (Å²) in [4.78, 5) is 8.52. The Labute approximate surface area is 135 Å². The Balaban J connectivity index is 1.84. The summed E-state index contributed by atoms with van der Waals surface area (Å²) in [5.74, 6) is 0.797. The molecule has 0 aliphatic heterocycles. The van der Waals surface area contributed by atoms with Crippen molar-refractivity contribution in [2.24, 2.45) is 5.73 Å². The number of para-hydroxylation sites is 1. The fourth-order valence-corrected chi connectivity index (χ4v) is 2.53. The fourth-order valence-electron chi connectivity index (χ4n) is 2.53. The van der Waals surface area contributed by atoms with Gasteiger partial charge < -0.3 is 11.1 Å². The van der Waals surface area contributed by atoms with Gasteiger partial charge in [-0.25, -0.2) is 14.6 Å². The third-order valence-corrected chi connectivity index (χ3v) is 3.64. The molecule has 0 fully saturated rings. The Morgan fingerprint density at radius 2 is 2.09 bits per heavy atom. The molecule has 0 saturated carbocycles. The van der Waals surface area contributed by atoms with Gasteiger partial charge in [0.05, 0.1) is 11.7 Å². The summed E-state index contributed by atoms with van der Waals surface area (Å²) in [7, 11) is 0. The highest BCUT2D eigenvalue weighted by molar-refractivity contribution is 5.46. The first-order chi connectivity index (χ1) is 11.3. The van der Waals surface area contributed by atoms with Gasteiger partial charge in [-0.2, -0.15) is 5.10 Å². The van der Waals surface area contributed by atoms with E-state index in [1.54, 1.807) is 12.5 Å². The maximum Gasteiger partial charge on any atom is 0.130 e. The van der Waals surface area contributed by atoms with Crippen LogP contribution in [0.4, 0.5) is 5.82 Å². The van der Waals surface area contributed by atoms with E-state index in [1.807, 2.05) is 35.1 Å². The van der Waals surface area contributed by atoms with Crippen LogP contribution in [0, 0.1) is 0 Å². The summed E-state index contributed by atoms with van der Waals surface area (Å²) in [5, 5.41) is 7.75. The van der Waals surface area contributed by atoms with Gasteiger partial charge in [0.15, 0.2) is 0 Å². The van der Waals surface area contributed by atoms with E-state index in [-0.39, 0.29) is 6.04 Å². The summed E-state index contributed by atoms with van der Waals surface area (Å²) in [5.41, 5.74) is 8.73. The Kier molecular flexibility index (Phi) is 4.63. The van der Waals surface area contributed by atoms with Crippen molar-refractivity contribution in [3.63, 3.8) is 0 Å². The van der Waals surface area contributed by atoms with Crippen LogP contribution in [0.3, 0.4) is 0 Å². The van der Waals surface area contributed by atoms with Crippen molar-refractivity contribution in [3.05, 3.63) is 66.4 Å². The first kappa shape index (κ1) is 15.2. The predicted molar refractivity (Wildman–Crippen MR) is 90.4 cm³/mol. The quantitative estimate of drug-likeness (QED) is 0.730. The first-order valence-electron chi connectivity index (χ1n) is 7.64. The number of nitrogens with one attached hydrogen (secondary N) is 1. The van der Waals surface area contributed by atoms with Crippen LogP contribution >= 0.6 is 0 Å². The minimum absolute atomic E-state index is 0.0797. The molecule has 0 unspecified atom stereocenters. The lowest BCUT2D eigenvalue weighted by Gasteiger charge is -2.18. The van der Waals surface area contributed by atoms with Crippen LogP contribution < -0.4 is 11.1 Å². The maximum absolute atomic E-state index is 5.59. The van der Waals surface area contributed by atoms with Gasteiger partial charge in [-0.3, -0.25) is 0 Å². The summed E-state index contributed by atoms with van der Waals surface area (Å²) < 4.78 is 1.87. The highest BCUT2D eigenvalue weighted by Gasteiger charge is 2.12. The van der Waals surface area contributed by atoms with Gasteiger partial charge in [0.1, 0.15) is 12.1 Å². The minimum atomic E-state index is 0.0797. The molecule has 2 heterocycles. The Morgan fingerprint density at radius 1 is 1.22 bits per heavy atom. The van der Waals surface area contributed by atoms with E-state index in [1.165, 1.54) is 0 Å². The SMILES string of the molecule is C[C@H](Nc1cc(CCN)ncn1)c1ccccc1-n1cccn1. The number of nitrogens with zero attached hydrogens (tertiary/aromatic N) is 4. The molecular weight excluding hydrogens is 288 g/mol. The molecule has 3 N–H and O–H groups in total. The van der Waals surface area contributed by atoms with Crippen molar-refractivity contribution >= 4 is 5.82 Å². The van der Waals surface area contributed by atoms with Crippen LogP contribution in [-0.2, 0) is 6.42 Å². The van der Waals surface area contributed by atoms with Crippen molar-refractivity contribution < 1.29 is 0 Å². The van der Waals surface area contributed by atoms with E-state index in [9.17, 15) is 0 Å². The smallest absolute Gasteiger partial charge is 0.130 e. The topological polar surface area (TPSA) is 81.6 Å². The molecule has 0 amide bonds. The maximum atomic E-state index is 5.59. The van der Waals surface area contributed by atoms with Gasteiger partial charge in [0, 0.05) is 30.6 Å². The van der Waals surface area contributed by atoms with Gasteiger partial charge in [0.25, 0.3) is 0 Å². The molecule has 2 aromatic heterocycles. The second-order valence-corrected chi connectivity index (χ2v) is 5.31. The molecule has 3 aromatic rings. The summed E-state index contributed by atoms with van der Waals surface area (Å²) in [6.45, 7) is 2.68. The summed E-state index contributed by atoms with van der Waals surface area (Å²) in [6.07, 6.45) is 6.03. The molecule has 0 radical (unpaired) electrons. The highest BCUT2D eigenvalue weighted by Crippen LogP contribution is 2.24. The second-order valence-electron chi connectivity index (χ2n) is 5.31. The van der Waals surface area contributed by atoms with E-state index >= 15 is 0 Å². The lowest BCUT2D eigenvalue weighted by molar-refractivity contribution is 0.811. The summed E-state index contributed by atoms with van der Waals surface area (Å²) in [6, 6.07) is 12.1. The molecule has 0 aliphatic rings. The van der Waals surface area contributed by atoms with Crippen molar-refractivity contribution in [2.75, 3.05) is 11.9 Å². The zero-order valence-corrected chi connectivity index (χ0v) is 13.1. The molecule has 23 heavy (non-hydrogen) atoms. The highest BCUT2D eigenvalue weighted by atomic mass is 15.3. The van der Waals surface area contributed by atoms with Crippen molar-refractivity contribution in [1.29, 1.82) is 0 Å². The fraction of sp³-hybridized carbons (Fsp3) is 0.235. The molecule has 0 saturated heterocycles. The van der Waals surface area contributed by atoms with Gasteiger partial charge in [0.2, 0.25) is 0 Å². The predicted octanol–water partition coefficient (Wildman–Crippen LogP) is 2.34. The zero-order valence-electron chi connectivity index (χ0n) is 13.1. The Hall–Kier alpha value is -2.73. The molecule has 0 spiro atoms. The first-order valence-corrected chi connectivity index (χ1v) is 7.64. The average Bonchev–Trinajstić information content (AvgIpc) is 3.10. The van der Waals surface area contributed by atoms with Gasteiger partial charge in [-0.1, -0.05) is 18.2 Å². The molecule has 6 nitrogen and oxygen atoms in total. The van der Waals surface area contributed by atoms with Crippen LogP contribution in [0.1, 0.15) is 24.2 Å². The average molecular weight is 308 g/mol. The number of hydrogen-bond acceptors (Lipinski definition) is 5. The number of nitrogens with two attached hydrogens (primary N) is 1. The van der Waals surface area contributed by atoms with E-state index < -0.39 is 0 Å². The van der Waals surface area contributed by atoms with E-state index in [2.05, 4.69) is 39.4 Å². The van der Waals surface area contributed by atoms with E-state index in [4.69, 9.17) is 5.73 Å². The third-order valence-electron chi connectivity index (χ3n) is 3.64. The largest absolute Gasteiger partial charge is 0.363 e. The number of benzene rings is 1. The van der Waals surface area contributed by atoms with Crippen molar-refractivity contribution in [1.82, 2.24) is 19.7 Å². The molecular formula is C17H20N6. The lowest BCUT2D eigenvalue weighted by atomic mass is 10.1.